The zero-order valence-electron chi connectivity index (χ0n) is 14.9. The highest BCUT2D eigenvalue weighted by Gasteiger charge is 2.21. The van der Waals surface area contributed by atoms with Crippen molar-refractivity contribution in [1.29, 1.82) is 0 Å². The number of hydrogen-bond acceptors (Lipinski definition) is 3. The summed E-state index contributed by atoms with van der Waals surface area (Å²) < 4.78 is 28.5. The van der Waals surface area contributed by atoms with Crippen molar-refractivity contribution in [2.24, 2.45) is 5.92 Å². The molecule has 2 N–H and O–H groups in total. The third-order valence-electron chi connectivity index (χ3n) is 4.76. The molecule has 4 nitrogen and oxygen atoms in total. The molecule has 0 bridgehead atoms. The van der Waals surface area contributed by atoms with Crippen molar-refractivity contribution in [2.75, 3.05) is 11.9 Å². The van der Waals surface area contributed by atoms with E-state index < -0.39 is 10.0 Å². The van der Waals surface area contributed by atoms with Gasteiger partial charge in [-0.05, 0) is 36.5 Å². The third kappa shape index (κ3) is 4.61. The SMILES string of the molecule is Cl.O=S(=O)(NCc1ccccc1)c1cccc2c(NCC3CC3)cccc12. The molecule has 0 spiro atoms. The average Bonchev–Trinajstić information content (AvgIpc) is 3.49. The first-order valence-corrected chi connectivity index (χ1v) is 10.4. The standard InChI is InChI=1S/C21H22N2O2S.ClH/c24-26(25,23-15-16-6-2-1-3-7-16)21-11-5-8-18-19(21)9-4-10-20(18)22-14-17-12-13-17;/h1-11,17,22-23H,12-15H2;1H. The number of sulfonamides is 1. The first kappa shape index (κ1) is 19.7. The Balaban J connectivity index is 0.00000210. The van der Waals surface area contributed by atoms with Crippen LogP contribution >= 0.6 is 12.4 Å². The Morgan fingerprint density at radius 3 is 2.30 bits per heavy atom. The van der Waals surface area contributed by atoms with Crippen LogP contribution in [-0.2, 0) is 16.6 Å². The maximum Gasteiger partial charge on any atom is 0.241 e. The molecular formula is C21H23ClN2O2S. The van der Waals surface area contributed by atoms with Crippen molar-refractivity contribution in [3.63, 3.8) is 0 Å². The number of benzene rings is 3. The van der Waals surface area contributed by atoms with Gasteiger partial charge in [0.2, 0.25) is 10.0 Å². The highest BCUT2D eigenvalue weighted by atomic mass is 35.5. The summed E-state index contributed by atoms with van der Waals surface area (Å²) in [4.78, 5) is 0.320. The predicted octanol–water partition coefficient (Wildman–Crippen LogP) is 4.56. The lowest BCUT2D eigenvalue weighted by Crippen LogP contribution is -2.23. The monoisotopic (exact) mass is 402 g/mol. The normalized spacial score (nSPS) is 13.9. The quantitative estimate of drug-likeness (QED) is 0.609. The van der Waals surface area contributed by atoms with Crippen LogP contribution < -0.4 is 10.0 Å². The molecule has 0 amide bonds. The summed E-state index contributed by atoms with van der Waals surface area (Å²) in [6.45, 7) is 1.22. The second-order valence-corrected chi connectivity index (χ2v) is 8.53. The summed E-state index contributed by atoms with van der Waals surface area (Å²) in [5, 5.41) is 5.16. The Hall–Kier alpha value is -2.08. The van der Waals surface area contributed by atoms with E-state index in [9.17, 15) is 8.42 Å². The van der Waals surface area contributed by atoms with Crippen molar-refractivity contribution in [1.82, 2.24) is 4.72 Å². The topological polar surface area (TPSA) is 58.2 Å². The van der Waals surface area contributed by atoms with Crippen LogP contribution in [0, 0.1) is 5.92 Å². The smallest absolute Gasteiger partial charge is 0.241 e. The van der Waals surface area contributed by atoms with E-state index in [1.54, 1.807) is 6.07 Å². The van der Waals surface area contributed by atoms with Gasteiger partial charge in [0.25, 0.3) is 0 Å². The molecule has 3 aromatic rings. The molecule has 0 atom stereocenters. The van der Waals surface area contributed by atoms with Gasteiger partial charge in [-0.15, -0.1) is 12.4 Å². The average molecular weight is 403 g/mol. The van der Waals surface area contributed by atoms with Gasteiger partial charge in [0.15, 0.2) is 0 Å². The van der Waals surface area contributed by atoms with Crippen molar-refractivity contribution in [3.05, 3.63) is 72.3 Å². The number of anilines is 1. The van der Waals surface area contributed by atoms with Gasteiger partial charge in [0, 0.05) is 29.5 Å². The lowest BCUT2D eigenvalue weighted by atomic mass is 10.1. The van der Waals surface area contributed by atoms with Gasteiger partial charge in [-0.25, -0.2) is 13.1 Å². The van der Waals surface area contributed by atoms with E-state index in [-0.39, 0.29) is 19.0 Å². The molecule has 27 heavy (non-hydrogen) atoms. The molecule has 1 saturated carbocycles. The van der Waals surface area contributed by atoms with E-state index in [2.05, 4.69) is 10.0 Å². The minimum Gasteiger partial charge on any atom is -0.384 e. The Morgan fingerprint density at radius 1 is 0.852 bits per heavy atom. The molecule has 6 heteroatoms. The lowest BCUT2D eigenvalue weighted by Gasteiger charge is -2.13. The van der Waals surface area contributed by atoms with Crippen LogP contribution in [0.1, 0.15) is 18.4 Å². The van der Waals surface area contributed by atoms with Crippen LogP contribution in [0.3, 0.4) is 0 Å². The van der Waals surface area contributed by atoms with E-state index in [0.29, 0.717) is 4.90 Å². The first-order chi connectivity index (χ1) is 12.6. The predicted molar refractivity (Wildman–Crippen MR) is 113 cm³/mol. The third-order valence-corrected chi connectivity index (χ3v) is 6.22. The molecule has 0 saturated heterocycles. The minimum absolute atomic E-state index is 0. The molecule has 0 heterocycles. The molecule has 0 radical (unpaired) electrons. The van der Waals surface area contributed by atoms with Crippen LogP contribution in [0.4, 0.5) is 5.69 Å². The maximum absolute atomic E-state index is 12.9. The highest BCUT2D eigenvalue weighted by Crippen LogP contribution is 2.32. The molecule has 1 aliphatic rings. The van der Waals surface area contributed by atoms with Crippen LogP contribution in [0.2, 0.25) is 0 Å². The fraction of sp³-hybridized carbons (Fsp3) is 0.238. The van der Waals surface area contributed by atoms with Crippen molar-refractivity contribution < 1.29 is 8.42 Å². The van der Waals surface area contributed by atoms with Crippen LogP contribution in [0.5, 0.6) is 0 Å². The van der Waals surface area contributed by atoms with Crippen molar-refractivity contribution >= 4 is 38.9 Å². The second kappa shape index (κ2) is 8.30. The number of hydrogen-bond donors (Lipinski definition) is 2. The fourth-order valence-electron chi connectivity index (χ4n) is 3.10. The van der Waals surface area contributed by atoms with E-state index >= 15 is 0 Å². The number of rotatable bonds is 7. The Labute approximate surface area is 166 Å². The molecule has 4 rings (SSSR count). The Kier molecular flexibility index (Phi) is 6.05. The van der Waals surface area contributed by atoms with Gasteiger partial charge < -0.3 is 5.32 Å². The largest absolute Gasteiger partial charge is 0.384 e. The molecule has 0 aliphatic heterocycles. The summed E-state index contributed by atoms with van der Waals surface area (Å²) >= 11 is 0. The van der Waals surface area contributed by atoms with Crippen LogP contribution in [0.25, 0.3) is 10.8 Å². The molecule has 1 aliphatic carbocycles. The number of halogens is 1. The second-order valence-electron chi connectivity index (χ2n) is 6.79. The van der Waals surface area contributed by atoms with Gasteiger partial charge in [0.1, 0.15) is 0 Å². The van der Waals surface area contributed by atoms with E-state index in [4.69, 9.17) is 0 Å². The minimum atomic E-state index is -3.60. The fourth-order valence-corrected chi connectivity index (χ4v) is 4.34. The first-order valence-electron chi connectivity index (χ1n) is 8.93. The van der Waals surface area contributed by atoms with Gasteiger partial charge in [-0.3, -0.25) is 0 Å². The molecule has 3 aromatic carbocycles. The van der Waals surface area contributed by atoms with Crippen LogP contribution in [0.15, 0.2) is 71.6 Å². The van der Waals surface area contributed by atoms with Gasteiger partial charge >= 0.3 is 0 Å². The lowest BCUT2D eigenvalue weighted by molar-refractivity contribution is 0.582. The number of fused-ring (bicyclic) bond motifs is 1. The Morgan fingerprint density at radius 2 is 1.56 bits per heavy atom. The van der Waals surface area contributed by atoms with E-state index in [1.165, 1.54) is 12.8 Å². The van der Waals surface area contributed by atoms with Crippen LogP contribution in [-0.4, -0.2) is 15.0 Å². The molecule has 0 unspecified atom stereocenters. The summed E-state index contributed by atoms with van der Waals surface area (Å²) in [5.74, 6) is 0.754. The van der Waals surface area contributed by atoms with Gasteiger partial charge in [-0.2, -0.15) is 0 Å². The van der Waals surface area contributed by atoms with E-state index in [0.717, 1.165) is 34.5 Å². The molecule has 142 valence electrons. The summed E-state index contributed by atoms with van der Waals surface area (Å²) in [7, 11) is -3.60. The zero-order chi connectivity index (χ0) is 18.0. The molecular weight excluding hydrogens is 380 g/mol. The van der Waals surface area contributed by atoms with E-state index in [1.807, 2.05) is 60.7 Å². The van der Waals surface area contributed by atoms with Gasteiger partial charge in [-0.1, -0.05) is 54.6 Å². The summed E-state index contributed by atoms with van der Waals surface area (Å²) in [5.41, 5.74) is 1.93. The highest BCUT2D eigenvalue weighted by molar-refractivity contribution is 7.89. The van der Waals surface area contributed by atoms with Crippen molar-refractivity contribution in [2.45, 2.75) is 24.3 Å². The molecule has 0 aromatic heterocycles. The Bertz CT molecular complexity index is 1020. The number of nitrogens with one attached hydrogen (secondary N) is 2. The van der Waals surface area contributed by atoms with Crippen molar-refractivity contribution in [3.8, 4) is 0 Å². The summed E-state index contributed by atoms with van der Waals surface area (Å²) in [6, 6.07) is 20.8. The zero-order valence-corrected chi connectivity index (χ0v) is 16.5. The maximum atomic E-state index is 12.9. The molecule has 1 fully saturated rings. The summed E-state index contributed by atoms with van der Waals surface area (Å²) in [6.07, 6.45) is 2.56. The van der Waals surface area contributed by atoms with Gasteiger partial charge in [0.05, 0.1) is 4.90 Å².